The van der Waals surface area contributed by atoms with Gasteiger partial charge in [-0.05, 0) is 160 Å². The van der Waals surface area contributed by atoms with Gasteiger partial charge in [-0.2, -0.15) is 0 Å². The van der Waals surface area contributed by atoms with Crippen molar-refractivity contribution in [3.63, 3.8) is 0 Å². The monoisotopic (exact) mass is 567 g/mol. The van der Waals surface area contributed by atoms with E-state index in [0.29, 0.717) is 12.0 Å². The van der Waals surface area contributed by atoms with Crippen molar-refractivity contribution in [2.75, 3.05) is 6.54 Å². The lowest BCUT2D eigenvalue weighted by Gasteiger charge is -2.34. The lowest BCUT2D eigenvalue weighted by molar-refractivity contribution is 0.223. The van der Waals surface area contributed by atoms with Gasteiger partial charge in [0.1, 0.15) is 0 Å². The second-order valence-corrected chi connectivity index (χ2v) is 13.9. The number of benzene rings is 2. The van der Waals surface area contributed by atoms with E-state index in [-0.39, 0.29) is 0 Å². The van der Waals surface area contributed by atoms with Crippen molar-refractivity contribution in [2.45, 2.75) is 120 Å². The van der Waals surface area contributed by atoms with E-state index in [1.54, 1.807) is 16.7 Å². The van der Waals surface area contributed by atoms with Crippen LogP contribution in [0.2, 0.25) is 0 Å². The third-order valence-electron chi connectivity index (χ3n) is 10.3. The third kappa shape index (κ3) is 8.59. The van der Waals surface area contributed by atoms with Gasteiger partial charge in [-0.25, -0.2) is 0 Å². The highest BCUT2D eigenvalue weighted by Gasteiger charge is 2.27. The van der Waals surface area contributed by atoms with Crippen LogP contribution in [0.1, 0.15) is 127 Å². The zero-order chi connectivity index (χ0) is 31.0. The van der Waals surface area contributed by atoms with Crippen molar-refractivity contribution in [1.82, 2.24) is 5.32 Å². The summed E-state index contributed by atoms with van der Waals surface area (Å²) in [6.45, 7) is 27.6. The van der Waals surface area contributed by atoms with Crippen molar-refractivity contribution in [3.8, 4) is 0 Å². The molecule has 1 nitrogen and oxygen atoms in total. The van der Waals surface area contributed by atoms with E-state index in [0.717, 1.165) is 36.3 Å². The lowest BCUT2D eigenvalue weighted by Crippen LogP contribution is -2.33. The second kappa shape index (κ2) is 15.9. The zero-order valence-electron chi connectivity index (χ0n) is 28.8. The number of rotatable bonds is 8. The van der Waals surface area contributed by atoms with Gasteiger partial charge < -0.3 is 5.32 Å². The molecule has 230 valence electrons. The predicted octanol–water partition coefficient (Wildman–Crippen LogP) is 11.4. The van der Waals surface area contributed by atoms with Crippen molar-refractivity contribution < 1.29 is 0 Å². The summed E-state index contributed by atoms with van der Waals surface area (Å²) in [5.41, 5.74) is 14.1. The highest BCUT2D eigenvalue weighted by atomic mass is 14.9. The number of fused-ring (bicyclic) bond motifs is 1. The van der Waals surface area contributed by atoms with Crippen LogP contribution in [0.3, 0.4) is 0 Å². The highest BCUT2D eigenvalue weighted by Crippen LogP contribution is 2.37. The third-order valence-corrected chi connectivity index (χ3v) is 10.3. The summed E-state index contributed by atoms with van der Waals surface area (Å²) in [5.74, 6) is 3.44. The second-order valence-electron chi connectivity index (χ2n) is 13.9. The fourth-order valence-electron chi connectivity index (χ4n) is 7.21. The number of allylic oxidation sites excluding steroid dienone is 5. The van der Waals surface area contributed by atoms with Gasteiger partial charge in [0, 0.05) is 6.04 Å². The van der Waals surface area contributed by atoms with Crippen LogP contribution in [0, 0.1) is 30.6 Å². The van der Waals surface area contributed by atoms with Crippen LogP contribution in [0.4, 0.5) is 0 Å². The van der Waals surface area contributed by atoms with Gasteiger partial charge in [0.15, 0.2) is 0 Å². The number of hydrogen-bond donors (Lipinski definition) is 1. The molecule has 1 aliphatic carbocycles. The molecule has 4 rings (SSSR count). The molecule has 2 aromatic carbocycles. The first-order valence-corrected chi connectivity index (χ1v) is 16.9. The quantitative estimate of drug-likeness (QED) is 0.313. The fraction of sp³-hybridized carbons (Fsp3) is 0.561. The Kier molecular flexibility index (Phi) is 12.9. The van der Waals surface area contributed by atoms with Crippen molar-refractivity contribution in [1.29, 1.82) is 0 Å². The Bertz CT molecular complexity index is 1250. The Balaban J connectivity index is 0.000000236. The Morgan fingerprint density at radius 2 is 1.62 bits per heavy atom. The van der Waals surface area contributed by atoms with Gasteiger partial charge in [-0.1, -0.05) is 89.2 Å². The first-order chi connectivity index (χ1) is 20.0. The van der Waals surface area contributed by atoms with Crippen molar-refractivity contribution >= 4 is 5.57 Å². The van der Waals surface area contributed by atoms with Crippen LogP contribution < -0.4 is 5.32 Å². The Morgan fingerprint density at radius 3 is 2.19 bits per heavy atom. The molecule has 0 bridgehead atoms. The summed E-state index contributed by atoms with van der Waals surface area (Å²) in [6.07, 6.45) is 11.6. The van der Waals surface area contributed by atoms with Crippen molar-refractivity contribution in [2.24, 2.45) is 23.7 Å². The average Bonchev–Trinajstić information content (AvgIpc) is 2.98. The fourth-order valence-corrected chi connectivity index (χ4v) is 7.21. The van der Waals surface area contributed by atoms with Gasteiger partial charge in [0.25, 0.3) is 0 Å². The van der Waals surface area contributed by atoms with E-state index in [2.05, 4.69) is 124 Å². The minimum atomic E-state index is 0.551. The molecule has 1 unspecified atom stereocenters. The van der Waals surface area contributed by atoms with E-state index in [4.69, 9.17) is 0 Å². The SMILES string of the molecule is C=C(C)/C(C)=C(C)\C(=C/C)c1ccc(C)c(CC)c1.CC(C)C1CCC(Cc2cccc3c2CCNC3C(C)C)CC1. The normalized spacial score (nSPS) is 21.4. The molecule has 1 heterocycles. The molecular weight excluding hydrogens is 506 g/mol. The molecule has 0 saturated heterocycles. The summed E-state index contributed by atoms with van der Waals surface area (Å²) >= 11 is 0. The molecule has 1 saturated carbocycles. The van der Waals surface area contributed by atoms with Gasteiger partial charge >= 0.3 is 0 Å². The molecule has 1 heteroatoms. The van der Waals surface area contributed by atoms with Gasteiger partial charge in [0.05, 0.1) is 0 Å². The summed E-state index contributed by atoms with van der Waals surface area (Å²) in [6, 6.07) is 14.4. The number of hydrogen-bond acceptors (Lipinski definition) is 1. The predicted molar refractivity (Wildman–Crippen MR) is 187 cm³/mol. The first kappa shape index (κ1) is 34.1. The van der Waals surface area contributed by atoms with E-state index in [9.17, 15) is 0 Å². The number of aryl methyl sites for hydroxylation is 2. The minimum Gasteiger partial charge on any atom is -0.309 e. The van der Waals surface area contributed by atoms with Crippen LogP contribution >= 0.6 is 0 Å². The molecular formula is C41H61N. The summed E-state index contributed by atoms with van der Waals surface area (Å²) in [7, 11) is 0. The molecule has 0 spiro atoms. The summed E-state index contributed by atoms with van der Waals surface area (Å²) in [4.78, 5) is 0. The van der Waals surface area contributed by atoms with Crippen LogP contribution in [0.25, 0.3) is 5.57 Å². The van der Waals surface area contributed by atoms with E-state index < -0.39 is 0 Å². The maximum atomic E-state index is 4.05. The Labute approximate surface area is 260 Å². The molecule has 1 atom stereocenters. The average molecular weight is 568 g/mol. The molecule has 1 fully saturated rings. The van der Waals surface area contributed by atoms with Gasteiger partial charge in [-0.3, -0.25) is 0 Å². The zero-order valence-corrected chi connectivity index (χ0v) is 28.8. The van der Waals surface area contributed by atoms with Crippen LogP contribution in [-0.4, -0.2) is 6.54 Å². The van der Waals surface area contributed by atoms with E-state index in [1.807, 2.05) is 0 Å². The van der Waals surface area contributed by atoms with E-state index in [1.165, 1.54) is 71.9 Å². The topological polar surface area (TPSA) is 12.0 Å². The molecule has 2 aromatic rings. The minimum absolute atomic E-state index is 0.551. The molecule has 42 heavy (non-hydrogen) atoms. The lowest BCUT2D eigenvalue weighted by atomic mass is 9.74. The van der Waals surface area contributed by atoms with Crippen LogP contribution in [0.15, 0.2) is 65.8 Å². The molecule has 1 aliphatic heterocycles. The molecule has 1 N–H and O–H groups in total. The summed E-state index contributed by atoms with van der Waals surface area (Å²) in [5, 5.41) is 3.72. The van der Waals surface area contributed by atoms with Crippen LogP contribution in [-0.2, 0) is 19.3 Å². The van der Waals surface area contributed by atoms with E-state index >= 15 is 0 Å². The molecule has 0 amide bonds. The Hall–Kier alpha value is -2.38. The van der Waals surface area contributed by atoms with Crippen LogP contribution in [0.5, 0.6) is 0 Å². The van der Waals surface area contributed by atoms with Gasteiger partial charge in [0.2, 0.25) is 0 Å². The highest BCUT2D eigenvalue weighted by molar-refractivity contribution is 5.80. The standard InChI is InChI=1S/C22H35N.C19H26/c1-15(2)18-10-8-17(9-11-18)14-19-6-5-7-21-20(19)12-13-23-22(21)16(3)4;1-8-17-12-18(11-10-14(17)5)19(9-2)16(7)15(6)13(3)4/h5-7,15-18,22-23H,8-14H2,1-4H3;9-12H,3,8H2,1-2,4-7H3/b;16-15-,19-9+. The molecule has 0 radical (unpaired) electrons. The Morgan fingerprint density at radius 1 is 0.929 bits per heavy atom. The smallest absolute Gasteiger partial charge is 0.0346 e. The first-order valence-electron chi connectivity index (χ1n) is 16.9. The molecule has 2 aliphatic rings. The van der Waals surface area contributed by atoms with Crippen molar-refractivity contribution in [3.05, 3.63) is 99.2 Å². The largest absolute Gasteiger partial charge is 0.309 e. The maximum absolute atomic E-state index is 4.05. The van der Waals surface area contributed by atoms with Gasteiger partial charge in [-0.15, -0.1) is 0 Å². The number of nitrogens with one attached hydrogen (secondary N) is 1. The summed E-state index contributed by atoms with van der Waals surface area (Å²) < 4.78 is 0. The molecule has 0 aromatic heterocycles. The maximum Gasteiger partial charge on any atom is 0.0346 e.